The fraction of sp³-hybridized carbons (Fsp3) is 0.429. The second kappa shape index (κ2) is 7.62. The van der Waals surface area contributed by atoms with Gasteiger partial charge in [-0.2, -0.15) is 11.3 Å². The van der Waals surface area contributed by atoms with Crippen molar-refractivity contribution in [2.75, 3.05) is 13.1 Å². The SMILES string of the molecule is O=C(N[C@H](c1ccccc1)C1CC1)C1CCN(C(=O)c2ccsc2)CC1. The number of carbonyl (C=O) groups excluding carboxylic acids is 2. The van der Waals surface area contributed by atoms with Crippen LogP contribution in [-0.2, 0) is 4.79 Å². The Balaban J connectivity index is 1.34. The Bertz CT molecular complexity index is 748. The molecule has 1 atom stereocenters. The Hall–Kier alpha value is -2.14. The van der Waals surface area contributed by atoms with E-state index in [1.54, 1.807) is 0 Å². The van der Waals surface area contributed by atoms with Crippen LogP contribution < -0.4 is 5.32 Å². The minimum absolute atomic E-state index is 0.00601. The zero-order chi connectivity index (χ0) is 17.9. The lowest BCUT2D eigenvalue weighted by atomic mass is 9.94. The molecular formula is C21H24N2O2S. The Morgan fingerprint density at radius 3 is 2.38 bits per heavy atom. The molecule has 4 nitrogen and oxygen atoms in total. The topological polar surface area (TPSA) is 49.4 Å². The van der Waals surface area contributed by atoms with Crippen molar-refractivity contribution in [1.29, 1.82) is 0 Å². The second-order valence-electron chi connectivity index (χ2n) is 7.31. The summed E-state index contributed by atoms with van der Waals surface area (Å²) in [5.41, 5.74) is 1.96. The first kappa shape index (κ1) is 17.3. The molecular weight excluding hydrogens is 344 g/mol. The standard InChI is InChI=1S/C21H24N2O2S/c24-20(22-19(16-6-7-16)15-4-2-1-3-5-15)17-8-11-23(12-9-17)21(25)18-10-13-26-14-18/h1-5,10,13-14,16-17,19H,6-9,11-12H2,(H,22,24)/t19-/m1/s1. The van der Waals surface area contributed by atoms with Crippen molar-refractivity contribution in [3.05, 3.63) is 58.3 Å². The van der Waals surface area contributed by atoms with Crippen LogP contribution in [0.5, 0.6) is 0 Å². The number of rotatable bonds is 5. The number of hydrogen-bond acceptors (Lipinski definition) is 3. The van der Waals surface area contributed by atoms with Crippen LogP contribution in [0.15, 0.2) is 47.2 Å². The Morgan fingerprint density at radius 1 is 1.04 bits per heavy atom. The van der Waals surface area contributed by atoms with Crippen LogP contribution in [0.2, 0.25) is 0 Å². The lowest BCUT2D eigenvalue weighted by Gasteiger charge is -2.32. The van der Waals surface area contributed by atoms with Crippen LogP contribution in [-0.4, -0.2) is 29.8 Å². The molecule has 136 valence electrons. The van der Waals surface area contributed by atoms with E-state index in [4.69, 9.17) is 0 Å². The molecule has 1 N–H and O–H groups in total. The van der Waals surface area contributed by atoms with E-state index in [0.717, 1.165) is 18.4 Å². The molecule has 1 saturated heterocycles. The first-order valence-electron chi connectivity index (χ1n) is 9.39. The van der Waals surface area contributed by atoms with E-state index in [0.29, 0.717) is 19.0 Å². The van der Waals surface area contributed by atoms with Gasteiger partial charge in [0, 0.05) is 24.4 Å². The predicted octanol–water partition coefficient (Wildman–Crippen LogP) is 3.87. The van der Waals surface area contributed by atoms with Crippen molar-refractivity contribution in [1.82, 2.24) is 10.2 Å². The fourth-order valence-electron chi connectivity index (χ4n) is 3.75. The summed E-state index contributed by atoms with van der Waals surface area (Å²) in [6.07, 6.45) is 3.86. The zero-order valence-electron chi connectivity index (χ0n) is 14.8. The zero-order valence-corrected chi connectivity index (χ0v) is 15.6. The molecule has 1 aliphatic heterocycles. The molecule has 0 bridgehead atoms. The van der Waals surface area contributed by atoms with Gasteiger partial charge in [-0.15, -0.1) is 0 Å². The van der Waals surface area contributed by atoms with Crippen LogP contribution >= 0.6 is 11.3 Å². The van der Waals surface area contributed by atoms with Gasteiger partial charge in [-0.25, -0.2) is 0 Å². The van der Waals surface area contributed by atoms with Crippen LogP contribution in [0.4, 0.5) is 0 Å². The minimum Gasteiger partial charge on any atom is -0.349 e. The molecule has 1 aromatic carbocycles. The number of thiophene rings is 1. The molecule has 2 fully saturated rings. The average molecular weight is 369 g/mol. The van der Waals surface area contributed by atoms with Crippen LogP contribution in [0.1, 0.15) is 47.6 Å². The van der Waals surface area contributed by atoms with E-state index in [1.807, 2.05) is 39.9 Å². The highest BCUT2D eigenvalue weighted by atomic mass is 32.1. The molecule has 2 aromatic rings. The van der Waals surface area contributed by atoms with Crippen LogP contribution in [0.3, 0.4) is 0 Å². The number of nitrogens with zero attached hydrogens (tertiary/aromatic N) is 1. The highest BCUT2D eigenvalue weighted by Gasteiger charge is 2.35. The third-order valence-electron chi connectivity index (χ3n) is 5.47. The van der Waals surface area contributed by atoms with Crippen LogP contribution in [0.25, 0.3) is 0 Å². The minimum atomic E-state index is 0.00601. The number of carbonyl (C=O) groups is 2. The molecule has 1 saturated carbocycles. The van der Waals surface area contributed by atoms with Gasteiger partial charge in [0.2, 0.25) is 5.91 Å². The van der Waals surface area contributed by atoms with Crippen molar-refractivity contribution in [2.45, 2.75) is 31.7 Å². The van der Waals surface area contributed by atoms with Crippen molar-refractivity contribution in [3.8, 4) is 0 Å². The Kier molecular flexibility index (Phi) is 5.07. The van der Waals surface area contributed by atoms with Gasteiger partial charge in [-0.05, 0) is 48.6 Å². The number of benzene rings is 1. The van der Waals surface area contributed by atoms with Gasteiger partial charge in [0.25, 0.3) is 5.91 Å². The molecule has 5 heteroatoms. The lowest BCUT2D eigenvalue weighted by Crippen LogP contribution is -2.43. The normalized spacial score (nSPS) is 19.2. The monoisotopic (exact) mass is 368 g/mol. The van der Waals surface area contributed by atoms with Crippen molar-refractivity contribution in [3.63, 3.8) is 0 Å². The van der Waals surface area contributed by atoms with E-state index in [-0.39, 0.29) is 23.8 Å². The van der Waals surface area contributed by atoms with E-state index in [2.05, 4.69) is 17.4 Å². The number of likely N-dealkylation sites (tertiary alicyclic amines) is 1. The van der Waals surface area contributed by atoms with Gasteiger partial charge >= 0.3 is 0 Å². The van der Waals surface area contributed by atoms with Crippen LogP contribution in [0, 0.1) is 11.8 Å². The van der Waals surface area contributed by atoms with Gasteiger partial charge in [0.1, 0.15) is 0 Å². The molecule has 1 aliphatic carbocycles. The van der Waals surface area contributed by atoms with E-state index < -0.39 is 0 Å². The molecule has 2 amide bonds. The van der Waals surface area contributed by atoms with Crippen molar-refractivity contribution in [2.24, 2.45) is 11.8 Å². The number of piperidine rings is 1. The summed E-state index contributed by atoms with van der Waals surface area (Å²) < 4.78 is 0. The first-order valence-corrected chi connectivity index (χ1v) is 10.3. The summed E-state index contributed by atoms with van der Waals surface area (Å²) in [6.45, 7) is 1.32. The summed E-state index contributed by atoms with van der Waals surface area (Å²) in [5.74, 6) is 0.812. The summed E-state index contributed by atoms with van der Waals surface area (Å²) in [6, 6.07) is 12.3. The van der Waals surface area contributed by atoms with E-state index in [9.17, 15) is 9.59 Å². The maximum atomic E-state index is 12.8. The predicted molar refractivity (Wildman–Crippen MR) is 103 cm³/mol. The number of amides is 2. The summed E-state index contributed by atoms with van der Waals surface area (Å²) in [5, 5.41) is 7.11. The third-order valence-corrected chi connectivity index (χ3v) is 6.15. The van der Waals surface area contributed by atoms with Gasteiger partial charge in [0.05, 0.1) is 11.6 Å². The molecule has 26 heavy (non-hydrogen) atoms. The molecule has 0 spiro atoms. The second-order valence-corrected chi connectivity index (χ2v) is 8.09. The maximum Gasteiger partial charge on any atom is 0.254 e. The van der Waals surface area contributed by atoms with E-state index >= 15 is 0 Å². The summed E-state index contributed by atoms with van der Waals surface area (Å²) in [4.78, 5) is 27.1. The largest absolute Gasteiger partial charge is 0.349 e. The van der Waals surface area contributed by atoms with Gasteiger partial charge < -0.3 is 10.2 Å². The number of nitrogens with one attached hydrogen (secondary N) is 1. The fourth-order valence-corrected chi connectivity index (χ4v) is 4.38. The van der Waals surface area contributed by atoms with Gasteiger partial charge in [-0.1, -0.05) is 30.3 Å². The highest BCUT2D eigenvalue weighted by molar-refractivity contribution is 7.08. The Labute approximate surface area is 158 Å². The Morgan fingerprint density at radius 2 is 1.77 bits per heavy atom. The molecule has 0 radical (unpaired) electrons. The molecule has 0 unspecified atom stereocenters. The summed E-state index contributed by atoms with van der Waals surface area (Å²) >= 11 is 1.54. The first-order chi connectivity index (χ1) is 12.7. The third kappa shape index (κ3) is 3.83. The van der Waals surface area contributed by atoms with E-state index in [1.165, 1.54) is 29.7 Å². The van der Waals surface area contributed by atoms with Gasteiger partial charge in [-0.3, -0.25) is 9.59 Å². The maximum absolute atomic E-state index is 12.8. The molecule has 4 rings (SSSR count). The molecule has 1 aromatic heterocycles. The molecule has 2 heterocycles. The number of hydrogen-bond donors (Lipinski definition) is 1. The summed E-state index contributed by atoms with van der Waals surface area (Å²) in [7, 11) is 0. The molecule has 2 aliphatic rings. The highest BCUT2D eigenvalue weighted by Crippen LogP contribution is 2.41. The van der Waals surface area contributed by atoms with Crippen molar-refractivity contribution >= 4 is 23.2 Å². The average Bonchev–Trinajstić information content (AvgIpc) is 3.39. The lowest BCUT2D eigenvalue weighted by molar-refractivity contribution is -0.127. The smallest absolute Gasteiger partial charge is 0.254 e. The van der Waals surface area contributed by atoms with Crippen molar-refractivity contribution < 1.29 is 9.59 Å². The quantitative estimate of drug-likeness (QED) is 0.871. The van der Waals surface area contributed by atoms with Gasteiger partial charge in [0.15, 0.2) is 0 Å².